The maximum absolute atomic E-state index is 12.4. The first-order valence-electron chi connectivity index (χ1n) is 9.51. The number of alkyl halides is 3. The molecular weight excluding hydrogens is 403 g/mol. The molecule has 1 aliphatic rings. The van der Waals surface area contributed by atoms with Crippen molar-refractivity contribution >= 4 is 17.7 Å². The summed E-state index contributed by atoms with van der Waals surface area (Å²) in [6.45, 7) is 3.45. The van der Waals surface area contributed by atoms with Crippen molar-refractivity contribution in [3.05, 3.63) is 41.7 Å². The number of benzene rings is 1. The summed E-state index contributed by atoms with van der Waals surface area (Å²) in [5.74, 6) is 0.115. The Balaban J connectivity index is 1.74. The number of carbonyl (C=O) groups excluding carboxylic acids is 1. The molecule has 1 N–H and O–H groups in total. The maximum atomic E-state index is 12.4. The molecular formula is C19H24F3N5OS. The van der Waals surface area contributed by atoms with Gasteiger partial charge in [0.2, 0.25) is 5.91 Å². The molecule has 29 heavy (non-hydrogen) atoms. The quantitative estimate of drug-likeness (QED) is 0.656. The predicted octanol–water partition coefficient (Wildman–Crippen LogP) is 3.08. The van der Waals surface area contributed by atoms with Crippen molar-refractivity contribution in [3.63, 3.8) is 0 Å². The Morgan fingerprint density at radius 3 is 2.52 bits per heavy atom. The van der Waals surface area contributed by atoms with Gasteiger partial charge in [0.15, 0.2) is 5.16 Å². The number of nitrogens with one attached hydrogen (secondary N) is 1. The topological polar surface area (TPSA) is 63.1 Å². The minimum absolute atomic E-state index is 0.526. The van der Waals surface area contributed by atoms with E-state index in [0.717, 1.165) is 49.1 Å². The fraction of sp³-hybridized carbons (Fsp3) is 0.526. The number of rotatable bonds is 8. The second-order valence-corrected chi connectivity index (χ2v) is 8.35. The number of nitrogens with zero attached hydrogens (tertiary/aromatic N) is 4. The van der Waals surface area contributed by atoms with Gasteiger partial charge in [-0.3, -0.25) is 9.69 Å². The maximum Gasteiger partial charge on any atom is 0.405 e. The Morgan fingerprint density at radius 2 is 1.86 bits per heavy atom. The van der Waals surface area contributed by atoms with Gasteiger partial charge >= 0.3 is 6.18 Å². The number of hydrogen-bond donors (Lipinski definition) is 1. The number of hydrogen-bond acceptors (Lipinski definition) is 5. The minimum atomic E-state index is -4.43. The highest BCUT2D eigenvalue weighted by Crippen LogP contribution is 2.25. The number of carbonyl (C=O) groups is 1. The van der Waals surface area contributed by atoms with Crippen molar-refractivity contribution in [3.8, 4) is 0 Å². The molecule has 0 saturated carbocycles. The average molecular weight is 427 g/mol. The van der Waals surface area contributed by atoms with Gasteiger partial charge in [0.25, 0.3) is 0 Å². The normalized spacial score (nSPS) is 16.1. The number of halogens is 3. The molecule has 1 aliphatic heterocycles. The van der Waals surface area contributed by atoms with Crippen LogP contribution in [0.4, 0.5) is 13.2 Å². The van der Waals surface area contributed by atoms with Gasteiger partial charge in [-0.25, -0.2) is 0 Å². The van der Waals surface area contributed by atoms with Crippen LogP contribution in [-0.4, -0.2) is 56.6 Å². The van der Waals surface area contributed by atoms with Crippen LogP contribution in [0.15, 0.2) is 35.5 Å². The van der Waals surface area contributed by atoms with Gasteiger partial charge in [0.1, 0.15) is 12.4 Å². The SMILES string of the molecule is CC(Sc1nnc(CN2CCCC2)n1Cc1ccccc1)C(=O)NCC(F)(F)F. The van der Waals surface area contributed by atoms with Crippen LogP contribution in [0.2, 0.25) is 0 Å². The smallest absolute Gasteiger partial charge is 0.346 e. The zero-order valence-corrected chi connectivity index (χ0v) is 17.0. The van der Waals surface area contributed by atoms with E-state index in [-0.39, 0.29) is 0 Å². The predicted molar refractivity (Wildman–Crippen MR) is 104 cm³/mol. The fourth-order valence-electron chi connectivity index (χ4n) is 3.13. The Labute approximate surface area is 171 Å². The van der Waals surface area contributed by atoms with Crippen LogP contribution in [0.25, 0.3) is 0 Å². The molecule has 0 bridgehead atoms. The lowest BCUT2D eigenvalue weighted by Gasteiger charge is -2.17. The highest BCUT2D eigenvalue weighted by molar-refractivity contribution is 8.00. The highest BCUT2D eigenvalue weighted by atomic mass is 32.2. The van der Waals surface area contributed by atoms with E-state index in [1.54, 1.807) is 6.92 Å². The van der Waals surface area contributed by atoms with Gasteiger partial charge < -0.3 is 9.88 Å². The molecule has 0 aliphatic carbocycles. The lowest BCUT2D eigenvalue weighted by molar-refractivity contribution is -0.137. The second kappa shape index (κ2) is 9.62. The third-order valence-electron chi connectivity index (χ3n) is 4.66. The molecule has 1 unspecified atom stereocenters. The third-order valence-corrected chi connectivity index (χ3v) is 5.74. The molecule has 2 aromatic rings. The standard InChI is InChI=1S/C19H24F3N5OS/c1-14(17(28)23-13-19(20,21)22)29-18-25-24-16(12-26-9-5-6-10-26)27(18)11-15-7-3-2-4-8-15/h2-4,7-8,14H,5-6,9-13H2,1H3,(H,23,28). The summed E-state index contributed by atoms with van der Waals surface area (Å²) >= 11 is 1.12. The molecule has 3 rings (SSSR count). The summed E-state index contributed by atoms with van der Waals surface area (Å²) in [6.07, 6.45) is -2.12. The van der Waals surface area contributed by atoms with Crippen molar-refractivity contribution in [2.75, 3.05) is 19.6 Å². The van der Waals surface area contributed by atoms with Gasteiger partial charge in [-0.05, 0) is 38.4 Å². The monoisotopic (exact) mass is 427 g/mol. The molecule has 1 amide bonds. The minimum Gasteiger partial charge on any atom is -0.346 e. The van der Waals surface area contributed by atoms with Crippen molar-refractivity contribution in [1.82, 2.24) is 25.0 Å². The molecule has 1 saturated heterocycles. The van der Waals surface area contributed by atoms with Gasteiger partial charge in [0.05, 0.1) is 18.3 Å². The Bertz CT molecular complexity index is 806. The number of thioether (sulfide) groups is 1. The first kappa shape index (κ1) is 21.6. The van der Waals surface area contributed by atoms with Gasteiger partial charge in [-0.1, -0.05) is 42.1 Å². The second-order valence-electron chi connectivity index (χ2n) is 7.05. The zero-order chi connectivity index (χ0) is 20.9. The van der Waals surface area contributed by atoms with E-state index in [4.69, 9.17) is 0 Å². The molecule has 158 valence electrons. The zero-order valence-electron chi connectivity index (χ0n) is 16.2. The molecule has 10 heteroatoms. The first-order chi connectivity index (χ1) is 13.8. The van der Waals surface area contributed by atoms with Crippen LogP contribution in [0, 0.1) is 0 Å². The summed E-state index contributed by atoms with van der Waals surface area (Å²) in [7, 11) is 0. The third kappa shape index (κ3) is 6.46. The van der Waals surface area contributed by atoms with Crippen molar-refractivity contribution in [2.45, 2.75) is 49.4 Å². The Hall–Kier alpha value is -2.07. The summed E-state index contributed by atoms with van der Waals surface area (Å²) in [6, 6.07) is 9.81. The van der Waals surface area contributed by atoms with Crippen LogP contribution in [0.1, 0.15) is 31.2 Å². The van der Waals surface area contributed by atoms with Crippen molar-refractivity contribution in [1.29, 1.82) is 0 Å². The highest BCUT2D eigenvalue weighted by Gasteiger charge is 2.29. The lowest BCUT2D eigenvalue weighted by Crippen LogP contribution is -2.38. The van der Waals surface area contributed by atoms with E-state index < -0.39 is 23.9 Å². The summed E-state index contributed by atoms with van der Waals surface area (Å²) in [5.41, 5.74) is 1.06. The molecule has 1 aromatic heterocycles. The van der Waals surface area contributed by atoms with E-state index in [1.807, 2.05) is 40.2 Å². The number of aromatic nitrogens is 3. The Kier molecular flexibility index (Phi) is 7.18. The summed E-state index contributed by atoms with van der Waals surface area (Å²) < 4.78 is 39.0. The fourth-order valence-corrected chi connectivity index (χ4v) is 4.02. The van der Waals surface area contributed by atoms with Crippen molar-refractivity contribution in [2.24, 2.45) is 0 Å². The lowest BCUT2D eigenvalue weighted by atomic mass is 10.2. The summed E-state index contributed by atoms with van der Waals surface area (Å²) in [5, 5.41) is 10.3. The molecule has 2 heterocycles. The van der Waals surface area contributed by atoms with E-state index >= 15 is 0 Å². The van der Waals surface area contributed by atoms with Gasteiger partial charge in [0, 0.05) is 0 Å². The van der Waals surface area contributed by atoms with Crippen LogP contribution >= 0.6 is 11.8 Å². The number of amides is 1. The van der Waals surface area contributed by atoms with E-state index in [2.05, 4.69) is 15.1 Å². The molecule has 0 spiro atoms. The van der Waals surface area contributed by atoms with Crippen LogP contribution in [-0.2, 0) is 17.9 Å². The first-order valence-corrected chi connectivity index (χ1v) is 10.4. The van der Waals surface area contributed by atoms with Gasteiger partial charge in [-0.2, -0.15) is 13.2 Å². The molecule has 1 aromatic carbocycles. The largest absolute Gasteiger partial charge is 0.405 e. The van der Waals surface area contributed by atoms with Crippen LogP contribution < -0.4 is 5.32 Å². The Morgan fingerprint density at radius 1 is 1.17 bits per heavy atom. The average Bonchev–Trinajstić information content (AvgIpc) is 3.32. The number of likely N-dealkylation sites (tertiary alicyclic amines) is 1. The van der Waals surface area contributed by atoms with Crippen LogP contribution in [0.5, 0.6) is 0 Å². The molecule has 0 radical (unpaired) electrons. The summed E-state index contributed by atoms with van der Waals surface area (Å²) in [4.78, 5) is 14.4. The van der Waals surface area contributed by atoms with Crippen molar-refractivity contribution < 1.29 is 18.0 Å². The molecule has 1 fully saturated rings. The molecule has 6 nitrogen and oxygen atoms in total. The van der Waals surface area contributed by atoms with Crippen LogP contribution in [0.3, 0.4) is 0 Å². The van der Waals surface area contributed by atoms with E-state index in [0.29, 0.717) is 18.2 Å². The molecule has 1 atom stereocenters. The van der Waals surface area contributed by atoms with Gasteiger partial charge in [-0.15, -0.1) is 10.2 Å². The van der Waals surface area contributed by atoms with E-state index in [9.17, 15) is 18.0 Å². The van der Waals surface area contributed by atoms with E-state index in [1.165, 1.54) is 0 Å².